The number of benzene rings is 2. The van der Waals surface area contributed by atoms with E-state index in [-0.39, 0.29) is 5.91 Å². The fourth-order valence-corrected chi connectivity index (χ4v) is 2.73. The molecule has 1 aliphatic heterocycles. The van der Waals surface area contributed by atoms with Gasteiger partial charge >= 0.3 is 0 Å². The van der Waals surface area contributed by atoms with Crippen LogP contribution in [0.15, 0.2) is 42.5 Å². The van der Waals surface area contributed by atoms with Crippen LogP contribution in [-0.2, 0) is 11.2 Å². The fourth-order valence-electron chi connectivity index (χ4n) is 2.54. The lowest BCUT2D eigenvalue weighted by atomic mass is 10.1. The highest BCUT2D eigenvalue weighted by molar-refractivity contribution is 6.30. The zero-order valence-corrected chi connectivity index (χ0v) is 11.9. The molecule has 1 heterocycles. The Hall–Kier alpha value is -2.00. The lowest BCUT2D eigenvalue weighted by molar-refractivity contribution is -0.116. The molecule has 0 saturated carbocycles. The van der Waals surface area contributed by atoms with E-state index in [4.69, 9.17) is 11.6 Å². The molecule has 0 saturated heterocycles. The van der Waals surface area contributed by atoms with E-state index in [9.17, 15) is 4.79 Å². The number of nitrogens with one attached hydrogen (secondary N) is 1. The van der Waals surface area contributed by atoms with Crippen LogP contribution in [0, 0.1) is 0 Å². The highest BCUT2D eigenvalue weighted by Gasteiger charge is 2.21. The van der Waals surface area contributed by atoms with Gasteiger partial charge in [-0.05, 0) is 48.4 Å². The minimum atomic E-state index is 0.0966. The molecule has 0 spiro atoms. The highest BCUT2D eigenvalue weighted by Crippen LogP contribution is 2.31. The Balaban J connectivity index is 1.85. The van der Waals surface area contributed by atoms with E-state index in [1.165, 1.54) is 5.56 Å². The van der Waals surface area contributed by atoms with Gasteiger partial charge in [0.05, 0.1) is 0 Å². The monoisotopic (exact) mass is 286 g/mol. The molecule has 3 nitrogen and oxygen atoms in total. The first kappa shape index (κ1) is 13.0. The summed E-state index contributed by atoms with van der Waals surface area (Å²) in [6.45, 7) is 2.37. The third kappa shape index (κ3) is 2.49. The zero-order chi connectivity index (χ0) is 14.1. The van der Waals surface area contributed by atoms with Gasteiger partial charge in [0.25, 0.3) is 0 Å². The average molecular weight is 287 g/mol. The van der Waals surface area contributed by atoms with E-state index in [2.05, 4.69) is 11.4 Å². The number of hydrogen-bond donors (Lipinski definition) is 1. The number of amides is 1. The normalized spacial score (nSPS) is 13.2. The second kappa shape index (κ2) is 5.17. The molecule has 4 heteroatoms. The summed E-state index contributed by atoms with van der Waals surface area (Å²) in [6.07, 6.45) is 0.903. The minimum absolute atomic E-state index is 0.0966. The van der Waals surface area contributed by atoms with E-state index >= 15 is 0 Å². The summed E-state index contributed by atoms with van der Waals surface area (Å²) in [6, 6.07) is 13.7. The molecule has 20 heavy (non-hydrogen) atoms. The number of carbonyl (C=O) groups is 1. The summed E-state index contributed by atoms with van der Waals surface area (Å²) in [4.78, 5) is 13.3. The minimum Gasteiger partial charge on any atom is -0.355 e. The molecule has 2 aromatic carbocycles. The second-order valence-electron chi connectivity index (χ2n) is 4.90. The van der Waals surface area contributed by atoms with Crippen molar-refractivity contribution >= 4 is 34.6 Å². The lowest BCUT2D eigenvalue weighted by Crippen LogP contribution is -2.25. The Morgan fingerprint density at radius 3 is 2.75 bits per heavy atom. The molecule has 102 valence electrons. The number of halogens is 1. The molecule has 1 aliphatic rings. The van der Waals surface area contributed by atoms with Crippen molar-refractivity contribution in [2.75, 3.05) is 16.8 Å². The lowest BCUT2D eigenvalue weighted by Gasteiger charge is -2.15. The molecule has 0 radical (unpaired) electrons. The van der Waals surface area contributed by atoms with Crippen LogP contribution in [0.25, 0.3) is 0 Å². The van der Waals surface area contributed by atoms with Gasteiger partial charge in [0.1, 0.15) is 0 Å². The average Bonchev–Trinajstić information content (AvgIpc) is 2.82. The number of hydrogen-bond acceptors (Lipinski definition) is 2. The van der Waals surface area contributed by atoms with Gasteiger partial charge in [0, 0.05) is 35.6 Å². The van der Waals surface area contributed by atoms with Crippen LogP contribution >= 0.6 is 11.6 Å². The number of rotatable bonds is 2. The van der Waals surface area contributed by atoms with Crippen LogP contribution in [0.1, 0.15) is 12.5 Å². The van der Waals surface area contributed by atoms with Gasteiger partial charge in [-0.25, -0.2) is 0 Å². The molecule has 3 rings (SSSR count). The van der Waals surface area contributed by atoms with Crippen LogP contribution in [0.5, 0.6) is 0 Å². The summed E-state index contributed by atoms with van der Waals surface area (Å²) in [7, 11) is 0. The molecular weight excluding hydrogens is 272 g/mol. The van der Waals surface area contributed by atoms with Crippen LogP contribution in [0.3, 0.4) is 0 Å². The van der Waals surface area contributed by atoms with Gasteiger partial charge in [-0.1, -0.05) is 17.7 Å². The number of anilines is 3. The van der Waals surface area contributed by atoms with Crippen molar-refractivity contribution in [1.29, 1.82) is 0 Å². The molecule has 0 aliphatic carbocycles. The molecule has 1 N–H and O–H groups in total. The summed E-state index contributed by atoms with van der Waals surface area (Å²) in [5.74, 6) is 0.0966. The van der Waals surface area contributed by atoms with Crippen LogP contribution in [0.4, 0.5) is 17.1 Å². The topological polar surface area (TPSA) is 32.3 Å². The first-order valence-electron chi connectivity index (χ1n) is 6.57. The van der Waals surface area contributed by atoms with Crippen molar-refractivity contribution in [1.82, 2.24) is 0 Å². The van der Waals surface area contributed by atoms with E-state index in [0.29, 0.717) is 5.02 Å². The largest absolute Gasteiger partial charge is 0.355 e. The number of carbonyl (C=O) groups excluding carboxylic acids is 1. The molecule has 2 aromatic rings. The Morgan fingerprint density at radius 2 is 2.00 bits per heavy atom. The first-order valence-corrected chi connectivity index (χ1v) is 6.95. The van der Waals surface area contributed by atoms with Gasteiger partial charge in [0.15, 0.2) is 0 Å². The van der Waals surface area contributed by atoms with Crippen molar-refractivity contribution in [3.05, 3.63) is 53.1 Å². The van der Waals surface area contributed by atoms with Crippen molar-refractivity contribution in [3.63, 3.8) is 0 Å². The summed E-state index contributed by atoms with van der Waals surface area (Å²) in [5, 5.41) is 4.04. The molecule has 0 fully saturated rings. The molecule has 0 aromatic heterocycles. The summed E-state index contributed by atoms with van der Waals surface area (Å²) >= 11 is 5.97. The molecule has 0 bridgehead atoms. The van der Waals surface area contributed by atoms with Gasteiger partial charge in [0.2, 0.25) is 5.91 Å². The standard InChI is InChI=1S/C16H15ClN2O/c1-11(20)19-8-7-12-9-15(5-6-16(12)19)18-14-4-2-3-13(17)10-14/h2-6,9-10,18H,7-8H2,1H3. The van der Waals surface area contributed by atoms with Crippen LogP contribution in [0.2, 0.25) is 5.02 Å². The smallest absolute Gasteiger partial charge is 0.223 e. The van der Waals surface area contributed by atoms with Crippen molar-refractivity contribution in [2.24, 2.45) is 0 Å². The maximum Gasteiger partial charge on any atom is 0.223 e. The Morgan fingerprint density at radius 1 is 1.20 bits per heavy atom. The quantitative estimate of drug-likeness (QED) is 0.905. The Kier molecular flexibility index (Phi) is 3.36. The van der Waals surface area contributed by atoms with Crippen molar-refractivity contribution in [3.8, 4) is 0 Å². The number of fused-ring (bicyclic) bond motifs is 1. The molecule has 0 atom stereocenters. The van der Waals surface area contributed by atoms with Crippen molar-refractivity contribution in [2.45, 2.75) is 13.3 Å². The Bertz CT molecular complexity index is 669. The van der Waals surface area contributed by atoms with Gasteiger partial charge in [-0.2, -0.15) is 0 Å². The zero-order valence-electron chi connectivity index (χ0n) is 11.2. The van der Waals surface area contributed by atoms with Gasteiger partial charge in [-0.15, -0.1) is 0 Å². The first-order chi connectivity index (χ1) is 9.63. The number of nitrogens with zero attached hydrogens (tertiary/aromatic N) is 1. The summed E-state index contributed by atoms with van der Waals surface area (Å²) in [5.41, 5.74) is 4.19. The predicted molar refractivity (Wildman–Crippen MR) is 82.9 cm³/mol. The SMILES string of the molecule is CC(=O)N1CCc2cc(Nc3cccc(Cl)c3)ccc21. The van der Waals surface area contributed by atoms with E-state index in [0.717, 1.165) is 30.0 Å². The molecule has 1 amide bonds. The maximum atomic E-state index is 11.5. The van der Waals surface area contributed by atoms with Gasteiger partial charge < -0.3 is 10.2 Å². The second-order valence-corrected chi connectivity index (χ2v) is 5.34. The van der Waals surface area contributed by atoms with Crippen molar-refractivity contribution < 1.29 is 4.79 Å². The summed E-state index contributed by atoms with van der Waals surface area (Å²) < 4.78 is 0. The van der Waals surface area contributed by atoms with Crippen LogP contribution < -0.4 is 10.2 Å². The highest BCUT2D eigenvalue weighted by atomic mass is 35.5. The third-order valence-corrected chi connectivity index (χ3v) is 3.70. The van der Waals surface area contributed by atoms with Crippen LogP contribution in [-0.4, -0.2) is 12.5 Å². The third-order valence-electron chi connectivity index (χ3n) is 3.47. The molecule has 0 unspecified atom stereocenters. The van der Waals surface area contributed by atoms with E-state index in [1.807, 2.05) is 41.3 Å². The van der Waals surface area contributed by atoms with E-state index < -0.39 is 0 Å². The fraction of sp³-hybridized carbons (Fsp3) is 0.188. The van der Waals surface area contributed by atoms with Gasteiger partial charge in [-0.3, -0.25) is 4.79 Å². The Labute approximate surface area is 123 Å². The molecular formula is C16H15ClN2O. The van der Waals surface area contributed by atoms with E-state index in [1.54, 1.807) is 6.92 Å². The maximum absolute atomic E-state index is 11.5. The predicted octanol–water partition coefficient (Wildman–Crippen LogP) is 3.99.